The number of thiophene rings is 1. The summed E-state index contributed by atoms with van der Waals surface area (Å²) in [6.07, 6.45) is 1.87. The van der Waals surface area contributed by atoms with Crippen LogP contribution in [0.3, 0.4) is 0 Å². The smallest absolute Gasteiger partial charge is 0.166 e. The summed E-state index contributed by atoms with van der Waals surface area (Å²) in [6.45, 7) is 15.0. The molecule has 0 aliphatic rings. The summed E-state index contributed by atoms with van der Waals surface area (Å²) < 4.78 is 3.37. The van der Waals surface area contributed by atoms with Gasteiger partial charge in [0.25, 0.3) is 0 Å². The van der Waals surface area contributed by atoms with Crippen LogP contribution >= 0.6 is 11.3 Å². The Labute approximate surface area is 188 Å². The second-order valence-corrected chi connectivity index (χ2v) is 9.72. The van der Waals surface area contributed by atoms with Gasteiger partial charge < -0.3 is 9.88 Å². The summed E-state index contributed by atoms with van der Waals surface area (Å²) in [7, 11) is 0. The molecule has 0 bridgehead atoms. The van der Waals surface area contributed by atoms with E-state index in [2.05, 4.69) is 91.0 Å². The van der Waals surface area contributed by atoms with Crippen LogP contribution in [0.15, 0.2) is 36.0 Å². The first-order valence-electron chi connectivity index (χ1n) is 11.1. The topological polar surface area (TPSA) is 58.9 Å². The van der Waals surface area contributed by atoms with Crippen LogP contribution < -0.4 is 5.32 Å². The number of hydrogen-bond donors (Lipinski definition) is 1. The summed E-state index contributed by atoms with van der Waals surface area (Å²) >= 11 is 1.73. The van der Waals surface area contributed by atoms with Crippen LogP contribution in [0.5, 0.6) is 0 Å². The number of nitrogens with zero attached hydrogens (tertiary/aromatic N) is 5. The van der Waals surface area contributed by atoms with E-state index in [1.807, 2.05) is 6.33 Å². The third kappa shape index (κ3) is 4.29. The van der Waals surface area contributed by atoms with E-state index in [-0.39, 0.29) is 6.04 Å². The lowest BCUT2D eigenvalue weighted by Crippen LogP contribution is -2.40. The fourth-order valence-corrected chi connectivity index (χ4v) is 5.04. The van der Waals surface area contributed by atoms with Gasteiger partial charge in [-0.15, -0.1) is 11.3 Å². The predicted molar refractivity (Wildman–Crippen MR) is 132 cm³/mol. The number of rotatable bonds is 8. The lowest BCUT2D eigenvalue weighted by atomic mass is 10.1. The molecule has 0 amide bonds. The molecule has 0 atom stereocenters. The minimum atomic E-state index is 0.275. The van der Waals surface area contributed by atoms with Crippen LogP contribution in [-0.2, 0) is 0 Å². The van der Waals surface area contributed by atoms with Gasteiger partial charge in [0.1, 0.15) is 5.52 Å². The highest BCUT2D eigenvalue weighted by Gasteiger charge is 2.18. The Hall–Kier alpha value is -2.51. The zero-order valence-corrected chi connectivity index (χ0v) is 20.1. The molecule has 3 aromatic heterocycles. The molecule has 0 radical (unpaired) electrons. The van der Waals surface area contributed by atoms with Gasteiger partial charge in [-0.25, -0.2) is 15.0 Å². The zero-order valence-electron chi connectivity index (χ0n) is 19.3. The van der Waals surface area contributed by atoms with Crippen molar-refractivity contribution in [2.45, 2.75) is 59.7 Å². The van der Waals surface area contributed by atoms with Crippen molar-refractivity contribution < 1.29 is 0 Å². The Morgan fingerprint density at radius 2 is 1.77 bits per heavy atom. The summed E-state index contributed by atoms with van der Waals surface area (Å²) in [5.41, 5.74) is 2.79. The summed E-state index contributed by atoms with van der Waals surface area (Å²) in [6, 6.07) is 9.71. The highest BCUT2D eigenvalue weighted by atomic mass is 32.1. The number of hydrogen-bond acceptors (Lipinski definition) is 6. The number of benzene rings is 1. The summed E-state index contributed by atoms with van der Waals surface area (Å²) in [4.78, 5) is 17.0. The fraction of sp³-hybridized carbons (Fsp3) is 0.458. The molecule has 0 aliphatic carbocycles. The van der Waals surface area contributed by atoms with E-state index < -0.39 is 0 Å². The first-order valence-corrected chi connectivity index (χ1v) is 12.0. The van der Waals surface area contributed by atoms with Crippen molar-refractivity contribution in [3.05, 3.63) is 36.0 Å². The molecule has 0 saturated heterocycles. The maximum Gasteiger partial charge on any atom is 0.166 e. The molecule has 4 aromatic rings. The van der Waals surface area contributed by atoms with E-state index in [1.54, 1.807) is 11.3 Å². The number of aromatic nitrogens is 4. The van der Waals surface area contributed by atoms with Gasteiger partial charge in [-0.1, -0.05) is 18.2 Å². The number of nitrogens with one attached hydrogen (secondary N) is 1. The molecule has 0 fully saturated rings. The molecule has 7 heteroatoms. The van der Waals surface area contributed by atoms with Crippen molar-refractivity contribution in [1.29, 1.82) is 0 Å². The quantitative estimate of drug-likeness (QED) is 0.377. The minimum Gasteiger partial charge on any atom is -0.367 e. The summed E-state index contributed by atoms with van der Waals surface area (Å²) in [5, 5.41) is 6.92. The zero-order chi connectivity index (χ0) is 22.1. The normalized spacial score (nSPS) is 12.3. The Balaban J connectivity index is 1.74. The molecule has 0 saturated carbocycles. The first kappa shape index (κ1) is 21.7. The maximum atomic E-state index is 4.95. The molecule has 0 aliphatic heterocycles. The average molecular weight is 437 g/mol. The van der Waals surface area contributed by atoms with Crippen molar-refractivity contribution >= 4 is 38.4 Å². The molecule has 0 unspecified atom stereocenters. The Kier molecular flexibility index (Phi) is 6.25. The first-order chi connectivity index (χ1) is 14.9. The number of anilines is 1. The molecule has 0 spiro atoms. The van der Waals surface area contributed by atoms with Crippen molar-refractivity contribution in [3.63, 3.8) is 0 Å². The second-order valence-electron chi connectivity index (χ2n) is 8.81. The van der Waals surface area contributed by atoms with E-state index >= 15 is 0 Å². The molecule has 4 rings (SSSR count). The van der Waals surface area contributed by atoms with Gasteiger partial charge in [0.05, 0.1) is 6.33 Å². The molecule has 1 N–H and O–H groups in total. The Morgan fingerprint density at radius 1 is 1.03 bits per heavy atom. The second kappa shape index (κ2) is 8.93. The molecular formula is C24H32N6S. The van der Waals surface area contributed by atoms with Crippen LogP contribution in [0.25, 0.3) is 32.6 Å². The van der Waals surface area contributed by atoms with E-state index in [9.17, 15) is 0 Å². The van der Waals surface area contributed by atoms with Crippen molar-refractivity contribution in [2.24, 2.45) is 0 Å². The van der Waals surface area contributed by atoms with Gasteiger partial charge >= 0.3 is 0 Å². The third-order valence-corrected chi connectivity index (χ3v) is 6.65. The monoisotopic (exact) mass is 436 g/mol. The van der Waals surface area contributed by atoms with E-state index in [0.717, 1.165) is 41.5 Å². The highest BCUT2D eigenvalue weighted by Crippen LogP contribution is 2.34. The van der Waals surface area contributed by atoms with Gasteiger partial charge in [-0.3, -0.25) is 4.90 Å². The van der Waals surface area contributed by atoms with Gasteiger partial charge in [-0.2, -0.15) is 0 Å². The van der Waals surface area contributed by atoms with Crippen LogP contribution in [0, 0.1) is 0 Å². The Bertz CT molecular complexity index is 1170. The van der Waals surface area contributed by atoms with E-state index in [0.29, 0.717) is 12.1 Å². The Morgan fingerprint density at radius 3 is 2.48 bits per heavy atom. The largest absolute Gasteiger partial charge is 0.367 e. The van der Waals surface area contributed by atoms with Crippen molar-refractivity contribution in [2.75, 3.05) is 18.4 Å². The summed E-state index contributed by atoms with van der Waals surface area (Å²) in [5.74, 6) is 1.56. The van der Waals surface area contributed by atoms with E-state index in [4.69, 9.17) is 9.97 Å². The average Bonchev–Trinajstić information content (AvgIpc) is 3.34. The van der Waals surface area contributed by atoms with Gasteiger partial charge in [0.2, 0.25) is 0 Å². The molecular weight excluding hydrogens is 404 g/mol. The molecule has 6 nitrogen and oxygen atoms in total. The van der Waals surface area contributed by atoms with Crippen molar-refractivity contribution in [3.8, 4) is 11.4 Å². The van der Waals surface area contributed by atoms with Gasteiger partial charge in [-0.05, 0) is 47.6 Å². The number of imidazole rings is 1. The lowest BCUT2D eigenvalue weighted by molar-refractivity contribution is 0.182. The van der Waals surface area contributed by atoms with Crippen LogP contribution in [0.2, 0.25) is 0 Å². The standard InChI is InChI=1S/C24H32N6S/c1-15(2)29(16(3)4)12-11-25-23-21-24(30(14-26-21)17(5)6)28-22(27-23)19-13-31-20-10-8-7-9-18(19)20/h7-10,13-17H,11-12H2,1-6H3,(H,25,27,28). The van der Waals surface area contributed by atoms with Crippen LogP contribution in [0.4, 0.5) is 5.82 Å². The molecule has 164 valence electrons. The van der Waals surface area contributed by atoms with Crippen molar-refractivity contribution in [1.82, 2.24) is 24.4 Å². The van der Waals surface area contributed by atoms with E-state index in [1.165, 1.54) is 10.1 Å². The maximum absolute atomic E-state index is 4.95. The molecule has 31 heavy (non-hydrogen) atoms. The highest BCUT2D eigenvalue weighted by molar-refractivity contribution is 7.17. The molecule has 3 heterocycles. The molecule has 1 aromatic carbocycles. The van der Waals surface area contributed by atoms with Gasteiger partial charge in [0.15, 0.2) is 17.3 Å². The van der Waals surface area contributed by atoms with Crippen LogP contribution in [0.1, 0.15) is 47.6 Å². The predicted octanol–water partition coefficient (Wildman–Crippen LogP) is 5.82. The lowest BCUT2D eigenvalue weighted by Gasteiger charge is -2.30. The van der Waals surface area contributed by atoms with Gasteiger partial charge in [0, 0.05) is 52.2 Å². The third-order valence-electron chi connectivity index (χ3n) is 5.69. The minimum absolute atomic E-state index is 0.275. The fourth-order valence-electron chi connectivity index (χ4n) is 4.11. The SMILES string of the molecule is CC(C)N(CCNc1nc(-c2csc3ccccc23)nc2c1ncn2C(C)C)C(C)C. The van der Waals surface area contributed by atoms with Crippen LogP contribution in [-0.4, -0.2) is 49.6 Å². The number of fused-ring (bicyclic) bond motifs is 2.